The van der Waals surface area contributed by atoms with Crippen LogP contribution in [0.2, 0.25) is 0 Å². The normalized spacial score (nSPS) is 25.7. The maximum absolute atomic E-state index is 12.2. The molecular formula is C20H23N3O2. The summed E-state index contributed by atoms with van der Waals surface area (Å²) in [6.07, 6.45) is 2.12. The van der Waals surface area contributed by atoms with Crippen LogP contribution in [0.1, 0.15) is 16.1 Å². The fraction of sp³-hybridized carbons (Fsp3) is 0.400. The Morgan fingerprint density at radius 2 is 2.00 bits per heavy atom. The lowest BCUT2D eigenvalue weighted by atomic mass is 9.93. The van der Waals surface area contributed by atoms with Gasteiger partial charge in [-0.05, 0) is 24.3 Å². The number of likely N-dealkylation sites (tertiary alicyclic amines) is 1. The summed E-state index contributed by atoms with van der Waals surface area (Å²) in [5, 5.41) is 3.07. The Kier molecular flexibility index (Phi) is 4.76. The van der Waals surface area contributed by atoms with E-state index in [0.29, 0.717) is 23.9 Å². The predicted molar refractivity (Wildman–Crippen MR) is 95.0 cm³/mol. The average molecular weight is 337 g/mol. The van der Waals surface area contributed by atoms with Gasteiger partial charge < -0.3 is 10.1 Å². The van der Waals surface area contributed by atoms with E-state index >= 15 is 0 Å². The van der Waals surface area contributed by atoms with E-state index in [1.54, 1.807) is 0 Å². The summed E-state index contributed by atoms with van der Waals surface area (Å²) in [5.41, 5.74) is 1.80. The zero-order valence-electron chi connectivity index (χ0n) is 14.2. The minimum absolute atomic E-state index is 0.00705. The highest BCUT2D eigenvalue weighted by Crippen LogP contribution is 2.33. The summed E-state index contributed by atoms with van der Waals surface area (Å²) in [6, 6.07) is 15.4. The summed E-state index contributed by atoms with van der Waals surface area (Å²) in [6.45, 7) is 4.23. The maximum Gasteiger partial charge on any atom is 0.251 e. The first kappa shape index (κ1) is 16.2. The van der Waals surface area contributed by atoms with Crippen LogP contribution >= 0.6 is 0 Å². The minimum atomic E-state index is -0.00705. The van der Waals surface area contributed by atoms with Gasteiger partial charge in [-0.1, -0.05) is 24.3 Å². The van der Waals surface area contributed by atoms with E-state index in [-0.39, 0.29) is 12.0 Å². The number of rotatable bonds is 5. The van der Waals surface area contributed by atoms with Crippen molar-refractivity contribution in [3.05, 3.63) is 66.0 Å². The highest BCUT2D eigenvalue weighted by molar-refractivity contribution is 5.94. The molecule has 2 aliphatic rings. The van der Waals surface area contributed by atoms with Crippen molar-refractivity contribution in [2.75, 3.05) is 26.2 Å². The number of nitrogens with zero attached hydrogens (tertiary/aromatic N) is 2. The van der Waals surface area contributed by atoms with Crippen molar-refractivity contribution < 1.29 is 9.53 Å². The number of aromatic nitrogens is 1. The monoisotopic (exact) mass is 337 g/mol. The molecule has 130 valence electrons. The second-order valence-corrected chi connectivity index (χ2v) is 6.89. The zero-order chi connectivity index (χ0) is 17.1. The molecule has 0 bridgehead atoms. The van der Waals surface area contributed by atoms with E-state index in [9.17, 15) is 4.79 Å². The van der Waals surface area contributed by atoms with Crippen LogP contribution in [-0.2, 0) is 11.3 Å². The molecule has 2 aromatic rings. The first-order chi connectivity index (χ1) is 12.3. The van der Waals surface area contributed by atoms with Crippen LogP contribution in [0.4, 0.5) is 0 Å². The van der Waals surface area contributed by atoms with Crippen LogP contribution < -0.4 is 5.32 Å². The van der Waals surface area contributed by atoms with Crippen LogP contribution in [0.5, 0.6) is 0 Å². The average Bonchev–Trinajstić information content (AvgIpc) is 3.22. The van der Waals surface area contributed by atoms with Crippen LogP contribution in [-0.4, -0.2) is 48.1 Å². The number of carbonyl (C=O) groups excluding carboxylic acids is 1. The fourth-order valence-electron chi connectivity index (χ4n) is 3.86. The van der Waals surface area contributed by atoms with Gasteiger partial charge in [-0.15, -0.1) is 0 Å². The SMILES string of the molecule is O=C(NC[C@@H]1CO[C@H]2CN(Cc3ccccn3)C[C@@H]12)c1ccccc1. The fourth-order valence-corrected chi connectivity index (χ4v) is 3.86. The number of fused-ring (bicyclic) bond motifs is 1. The van der Waals surface area contributed by atoms with Gasteiger partial charge in [0.05, 0.1) is 18.4 Å². The Bertz CT molecular complexity index is 707. The van der Waals surface area contributed by atoms with E-state index in [4.69, 9.17) is 4.74 Å². The zero-order valence-corrected chi connectivity index (χ0v) is 14.2. The lowest BCUT2D eigenvalue weighted by Gasteiger charge is -2.19. The van der Waals surface area contributed by atoms with Crippen molar-refractivity contribution in [1.29, 1.82) is 0 Å². The summed E-state index contributed by atoms with van der Waals surface area (Å²) in [5.74, 6) is 0.860. The Morgan fingerprint density at radius 1 is 1.16 bits per heavy atom. The number of amides is 1. The smallest absolute Gasteiger partial charge is 0.251 e. The molecule has 1 aromatic heterocycles. The topological polar surface area (TPSA) is 54.5 Å². The minimum Gasteiger partial charge on any atom is -0.376 e. The molecule has 0 spiro atoms. The van der Waals surface area contributed by atoms with E-state index in [1.807, 2.05) is 48.7 Å². The molecule has 5 nitrogen and oxygen atoms in total. The number of ether oxygens (including phenoxy) is 1. The Balaban J connectivity index is 1.30. The van der Waals surface area contributed by atoms with Gasteiger partial charge in [0, 0.05) is 49.8 Å². The molecular weight excluding hydrogens is 314 g/mol. The van der Waals surface area contributed by atoms with Crippen LogP contribution in [0, 0.1) is 11.8 Å². The van der Waals surface area contributed by atoms with E-state index in [1.165, 1.54) is 0 Å². The van der Waals surface area contributed by atoms with Crippen LogP contribution in [0.25, 0.3) is 0 Å². The molecule has 25 heavy (non-hydrogen) atoms. The van der Waals surface area contributed by atoms with E-state index in [0.717, 1.165) is 31.9 Å². The van der Waals surface area contributed by atoms with Gasteiger partial charge >= 0.3 is 0 Å². The molecule has 4 rings (SSSR count). The molecule has 2 saturated heterocycles. The maximum atomic E-state index is 12.2. The van der Waals surface area contributed by atoms with Gasteiger partial charge in [-0.3, -0.25) is 14.7 Å². The van der Waals surface area contributed by atoms with Crippen molar-refractivity contribution >= 4 is 5.91 Å². The molecule has 1 aromatic carbocycles. The van der Waals surface area contributed by atoms with Gasteiger partial charge in [0.2, 0.25) is 0 Å². The molecule has 2 fully saturated rings. The molecule has 3 atom stereocenters. The number of carbonyl (C=O) groups is 1. The molecule has 5 heteroatoms. The van der Waals surface area contributed by atoms with Crippen molar-refractivity contribution in [3.63, 3.8) is 0 Å². The lowest BCUT2D eigenvalue weighted by molar-refractivity contribution is 0.0903. The highest BCUT2D eigenvalue weighted by atomic mass is 16.5. The Morgan fingerprint density at radius 3 is 2.80 bits per heavy atom. The van der Waals surface area contributed by atoms with Crippen molar-refractivity contribution in [2.24, 2.45) is 11.8 Å². The number of nitrogens with one attached hydrogen (secondary N) is 1. The Hall–Kier alpha value is -2.24. The summed E-state index contributed by atoms with van der Waals surface area (Å²) in [7, 11) is 0. The molecule has 0 saturated carbocycles. The predicted octanol–water partition coefficient (Wildman–Crippen LogP) is 1.96. The van der Waals surface area contributed by atoms with Crippen LogP contribution in [0.15, 0.2) is 54.7 Å². The second kappa shape index (κ2) is 7.33. The van der Waals surface area contributed by atoms with Gasteiger partial charge in [0.15, 0.2) is 0 Å². The summed E-state index contributed by atoms with van der Waals surface area (Å²) < 4.78 is 5.98. The van der Waals surface area contributed by atoms with Crippen molar-refractivity contribution in [2.45, 2.75) is 12.6 Å². The molecule has 1 N–H and O–H groups in total. The third-order valence-electron chi connectivity index (χ3n) is 5.19. The standard InChI is InChI=1S/C20H23N3O2/c24-20(15-6-2-1-3-7-15)22-10-16-14-25-19-13-23(12-18(16)19)11-17-8-4-5-9-21-17/h1-9,16,18-19H,10-14H2,(H,22,24)/t16-,18+,19+/m1/s1. The molecule has 0 aliphatic carbocycles. The number of pyridine rings is 1. The van der Waals surface area contributed by atoms with Gasteiger partial charge in [0.1, 0.15) is 0 Å². The van der Waals surface area contributed by atoms with Gasteiger partial charge in [-0.2, -0.15) is 0 Å². The van der Waals surface area contributed by atoms with E-state index in [2.05, 4.69) is 21.3 Å². The molecule has 3 heterocycles. The second-order valence-electron chi connectivity index (χ2n) is 6.89. The first-order valence-corrected chi connectivity index (χ1v) is 8.87. The van der Waals surface area contributed by atoms with Crippen molar-refractivity contribution in [1.82, 2.24) is 15.2 Å². The molecule has 1 amide bonds. The number of hydrogen-bond donors (Lipinski definition) is 1. The first-order valence-electron chi connectivity index (χ1n) is 8.87. The van der Waals surface area contributed by atoms with Gasteiger partial charge in [-0.25, -0.2) is 0 Å². The highest BCUT2D eigenvalue weighted by Gasteiger charge is 2.43. The molecule has 0 radical (unpaired) electrons. The van der Waals surface area contributed by atoms with Gasteiger partial charge in [0.25, 0.3) is 5.91 Å². The van der Waals surface area contributed by atoms with E-state index < -0.39 is 0 Å². The quantitative estimate of drug-likeness (QED) is 0.906. The Labute approximate surface area is 148 Å². The summed E-state index contributed by atoms with van der Waals surface area (Å²) in [4.78, 5) is 19.0. The third-order valence-corrected chi connectivity index (χ3v) is 5.19. The molecule has 2 aliphatic heterocycles. The molecule has 0 unspecified atom stereocenters. The third kappa shape index (κ3) is 3.72. The summed E-state index contributed by atoms with van der Waals surface area (Å²) >= 11 is 0. The van der Waals surface area contributed by atoms with Crippen molar-refractivity contribution in [3.8, 4) is 0 Å². The lowest BCUT2D eigenvalue weighted by Crippen LogP contribution is -2.34. The largest absolute Gasteiger partial charge is 0.376 e. The number of benzene rings is 1. The van der Waals surface area contributed by atoms with Crippen LogP contribution in [0.3, 0.4) is 0 Å². The number of hydrogen-bond acceptors (Lipinski definition) is 4.